The first-order valence-electron chi connectivity index (χ1n) is 10.7. The Bertz CT molecular complexity index is 1390. The smallest absolute Gasteiger partial charge is 0.266 e. The highest BCUT2D eigenvalue weighted by atomic mass is 16.2. The Labute approximate surface area is 188 Å². The molecule has 5 nitrogen and oxygen atoms in total. The molecule has 1 aromatic heterocycles. The summed E-state index contributed by atoms with van der Waals surface area (Å²) in [4.78, 5) is 33.4. The number of hydrogen-bond donors (Lipinski definition) is 0. The molecule has 1 heterocycles. The SMILES string of the molecule is Cc1ccc(-n2c(C(C)N(C)C(=O)c3ccccc3C)nc3ccccc3c2=O)cc1C. The fourth-order valence-electron chi connectivity index (χ4n) is 3.90. The molecule has 32 heavy (non-hydrogen) atoms. The topological polar surface area (TPSA) is 55.2 Å². The molecule has 162 valence electrons. The summed E-state index contributed by atoms with van der Waals surface area (Å²) in [6.45, 7) is 7.89. The van der Waals surface area contributed by atoms with E-state index in [4.69, 9.17) is 4.98 Å². The van der Waals surface area contributed by atoms with Crippen molar-refractivity contribution < 1.29 is 4.79 Å². The molecule has 0 fully saturated rings. The van der Waals surface area contributed by atoms with Crippen molar-refractivity contribution in [2.24, 2.45) is 0 Å². The van der Waals surface area contributed by atoms with Gasteiger partial charge < -0.3 is 4.90 Å². The second-order valence-corrected chi connectivity index (χ2v) is 8.30. The highest BCUT2D eigenvalue weighted by Gasteiger charge is 2.25. The molecule has 0 spiro atoms. The van der Waals surface area contributed by atoms with Crippen LogP contribution in [0.25, 0.3) is 16.6 Å². The highest BCUT2D eigenvalue weighted by Crippen LogP contribution is 2.24. The van der Waals surface area contributed by atoms with Crippen molar-refractivity contribution in [2.45, 2.75) is 33.7 Å². The average molecular weight is 426 g/mol. The largest absolute Gasteiger partial charge is 0.332 e. The standard InChI is InChI=1S/C27H27N3O2/c1-17-14-15-21(16-19(17)3)30-25(28-24-13-9-8-12-23(24)27(30)32)20(4)29(5)26(31)22-11-7-6-10-18(22)2/h6-16,20H,1-5H3. The second-order valence-electron chi connectivity index (χ2n) is 8.30. The lowest BCUT2D eigenvalue weighted by Crippen LogP contribution is -2.35. The van der Waals surface area contributed by atoms with Crippen LogP contribution >= 0.6 is 0 Å². The Hall–Kier alpha value is -3.73. The van der Waals surface area contributed by atoms with Crippen molar-refractivity contribution in [3.63, 3.8) is 0 Å². The van der Waals surface area contributed by atoms with Gasteiger partial charge in [-0.05, 0) is 74.7 Å². The fourth-order valence-corrected chi connectivity index (χ4v) is 3.90. The third kappa shape index (κ3) is 3.71. The van der Waals surface area contributed by atoms with Gasteiger partial charge in [0.05, 0.1) is 22.6 Å². The number of benzene rings is 3. The Kier molecular flexibility index (Phi) is 5.66. The summed E-state index contributed by atoms with van der Waals surface area (Å²) in [6.07, 6.45) is 0. The van der Waals surface area contributed by atoms with Crippen LogP contribution < -0.4 is 5.56 Å². The molecule has 1 unspecified atom stereocenters. The van der Waals surface area contributed by atoms with E-state index in [-0.39, 0.29) is 11.5 Å². The van der Waals surface area contributed by atoms with Crippen LogP contribution in [0, 0.1) is 20.8 Å². The van der Waals surface area contributed by atoms with Gasteiger partial charge in [-0.15, -0.1) is 0 Å². The summed E-state index contributed by atoms with van der Waals surface area (Å²) >= 11 is 0. The van der Waals surface area contributed by atoms with Gasteiger partial charge in [0.15, 0.2) is 0 Å². The van der Waals surface area contributed by atoms with Crippen LogP contribution in [-0.2, 0) is 0 Å². The number of nitrogens with zero attached hydrogens (tertiary/aromatic N) is 3. The van der Waals surface area contributed by atoms with Crippen LogP contribution in [0.4, 0.5) is 0 Å². The van der Waals surface area contributed by atoms with E-state index < -0.39 is 6.04 Å². The number of rotatable bonds is 4. The molecule has 0 radical (unpaired) electrons. The third-order valence-electron chi connectivity index (χ3n) is 6.20. The summed E-state index contributed by atoms with van der Waals surface area (Å²) < 4.78 is 1.64. The van der Waals surface area contributed by atoms with E-state index >= 15 is 0 Å². The number of para-hydroxylation sites is 1. The van der Waals surface area contributed by atoms with E-state index in [9.17, 15) is 9.59 Å². The normalized spacial score (nSPS) is 12.0. The fraction of sp³-hybridized carbons (Fsp3) is 0.222. The lowest BCUT2D eigenvalue weighted by molar-refractivity contribution is 0.0734. The summed E-state index contributed by atoms with van der Waals surface area (Å²) in [5.74, 6) is 0.422. The molecule has 0 bridgehead atoms. The van der Waals surface area contributed by atoms with E-state index in [1.165, 1.54) is 0 Å². The molecule has 0 saturated carbocycles. The predicted molar refractivity (Wildman–Crippen MR) is 129 cm³/mol. The molecule has 0 aliphatic heterocycles. The van der Waals surface area contributed by atoms with Crippen molar-refractivity contribution in [1.82, 2.24) is 14.5 Å². The lowest BCUT2D eigenvalue weighted by Gasteiger charge is -2.27. The van der Waals surface area contributed by atoms with E-state index in [0.29, 0.717) is 22.3 Å². The van der Waals surface area contributed by atoms with Crippen molar-refractivity contribution >= 4 is 16.8 Å². The van der Waals surface area contributed by atoms with Gasteiger partial charge in [-0.25, -0.2) is 4.98 Å². The van der Waals surface area contributed by atoms with Gasteiger partial charge in [0.25, 0.3) is 11.5 Å². The summed E-state index contributed by atoms with van der Waals surface area (Å²) in [5, 5.41) is 0.551. The number of fused-ring (bicyclic) bond motifs is 1. The maximum Gasteiger partial charge on any atom is 0.266 e. The molecule has 0 aliphatic rings. The van der Waals surface area contributed by atoms with Crippen LogP contribution in [0.5, 0.6) is 0 Å². The number of hydrogen-bond acceptors (Lipinski definition) is 3. The minimum Gasteiger partial charge on any atom is -0.332 e. The zero-order valence-electron chi connectivity index (χ0n) is 19.1. The Morgan fingerprint density at radius 1 is 0.906 bits per heavy atom. The van der Waals surface area contributed by atoms with Crippen LogP contribution in [0.3, 0.4) is 0 Å². The minimum absolute atomic E-state index is 0.107. The van der Waals surface area contributed by atoms with Crippen molar-refractivity contribution in [2.75, 3.05) is 7.05 Å². The summed E-state index contributed by atoms with van der Waals surface area (Å²) in [5.41, 5.74) is 5.02. The van der Waals surface area contributed by atoms with Gasteiger partial charge in [-0.3, -0.25) is 14.2 Å². The molecule has 0 saturated heterocycles. The Morgan fingerprint density at radius 2 is 1.59 bits per heavy atom. The number of aromatic nitrogens is 2. The third-order valence-corrected chi connectivity index (χ3v) is 6.20. The molecule has 3 aromatic carbocycles. The molecule has 1 amide bonds. The molecular weight excluding hydrogens is 398 g/mol. The lowest BCUT2D eigenvalue weighted by atomic mass is 10.1. The summed E-state index contributed by atoms with van der Waals surface area (Å²) in [7, 11) is 1.76. The molecule has 4 rings (SSSR count). The van der Waals surface area contributed by atoms with Gasteiger partial charge in [0, 0.05) is 12.6 Å². The summed E-state index contributed by atoms with van der Waals surface area (Å²) in [6, 6.07) is 20.3. The van der Waals surface area contributed by atoms with Gasteiger partial charge >= 0.3 is 0 Å². The van der Waals surface area contributed by atoms with Crippen molar-refractivity contribution in [3.05, 3.63) is 105 Å². The van der Waals surface area contributed by atoms with E-state index in [1.807, 2.05) is 88.4 Å². The van der Waals surface area contributed by atoms with Crippen molar-refractivity contribution in [1.29, 1.82) is 0 Å². The van der Waals surface area contributed by atoms with Crippen LogP contribution in [0.15, 0.2) is 71.5 Å². The van der Waals surface area contributed by atoms with Gasteiger partial charge in [0.1, 0.15) is 5.82 Å². The molecule has 1 atom stereocenters. The highest BCUT2D eigenvalue weighted by molar-refractivity contribution is 5.95. The Morgan fingerprint density at radius 3 is 2.31 bits per heavy atom. The quantitative estimate of drug-likeness (QED) is 0.455. The number of aryl methyl sites for hydroxylation is 3. The second kappa shape index (κ2) is 8.42. The first-order valence-corrected chi connectivity index (χ1v) is 10.7. The maximum atomic E-state index is 13.6. The van der Waals surface area contributed by atoms with Gasteiger partial charge in [0.2, 0.25) is 0 Å². The minimum atomic E-state index is -0.430. The molecule has 5 heteroatoms. The van der Waals surface area contributed by atoms with E-state index in [0.717, 1.165) is 22.4 Å². The van der Waals surface area contributed by atoms with Crippen LogP contribution in [0.2, 0.25) is 0 Å². The van der Waals surface area contributed by atoms with Gasteiger partial charge in [-0.2, -0.15) is 0 Å². The Balaban J connectivity index is 1.90. The van der Waals surface area contributed by atoms with E-state index in [2.05, 4.69) is 0 Å². The molecule has 4 aromatic rings. The zero-order valence-corrected chi connectivity index (χ0v) is 19.1. The number of amides is 1. The first-order chi connectivity index (χ1) is 15.3. The monoisotopic (exact) mass is 425 g/mol. The number of carbonyl (C=O) groups is 1. The maximum absolute atomic E-state index is 13.6. The average Bonchev–Trinajstić information content (AvgIpc) is 2.80. The van der Waals surface area contributed by atoms with Crippen LogP contribution in [0.1, 0.15) is 45.8 Å². The first kappa shape index (κ1) is 21.5. The molecule has 0 aliphatic carbocycles. The van der Waals surface area contributed by atoms with Crippen LogP contribution in [-0.4, -0.2) is 27.4 Å². The van der Waals surface area contributed by atoms with Crippen molar-refractivity contribution in [3.8, 4) is 5.69 Å². The molecule has 0 N–H and O–H groups in total. The predicted octanol–water partition coefficient (Wildman–Crippen LogP) is 5.14. The zero-order chi connectivity index (χ0) is 23.0. The number of carbonyl (C=O) groups excluding carboxylic acids is 1. The van der Waals surface area contributed by atoms with Gasteiger partial charge in [-0.1, -0.05) is 36.4 Å². The molecular formula is C27H27N3O2. The van der Waals surface area contributed by atoms with E-state index in [1.54, 1.807) is 22.6 Å².